The van der Waals surface area contributed by atoms with Crippen LogP contribution in [0.4, 0.5) is 0 Å². The second-order valence-electron chi connectivity index (χ2n) is 3.45. The zero-order valence-electron chi connectivity index (χ0n) is 8.77. The van der Waals surface area contributed by atoms with Crippen molar-refractivity contribution >= 4 is 17.0 Å². The highest BCUT2D eigenvalue weighted by Gasteiger charge is 2.00. The topological polar surface area (TPSA) is 12.9 Å². The third-order valence-electron chi connectivity index (χ3n) is 2.48. The molecule has 2 rings (SSSR count). The molecule has 0 radical (unpaired) electrons. The van der Waals surface area contributed by atoms with Gasteiger partial charge in [-0.15, -0.1) is 0 Å². The van der Waals surface area contributed by atoms with Gasteiger partial charge in [0.25, 0.3) is 0 Å². The first-order valence-electron chi connectivity index (χ1n) is 4.96. The van der Waals surface area contributed by atoms with Gasteiger partial charge in [0.2, 0.25) is 0 Å². The predicted molar refractivity (Wildman–Crippen MR) is 65.7 cm³/mol. The van der Waals surface area contributed by atoms with Gasteiger partial charge in [0.1, 0.15) is 0 Å². The van der Waals surface area contributed by atoms with Crippen LogP contribution in [0.15, 0.2) is 49.2 Å². The summed E-state index contributed by atoms with van der Waals surface area (Å²) in [7, 11) is 0. The van der Waals surface area contributed by atoms with Crippen LogP contribution in [0.5, 0.6) is 0 Å². The number of aryl methyl sites for hydroxylation is 1. The average molecular weight is 195 g/mol. The zero-order valence-corrected chi connectivity index (χ0v) is 8.77. The van der Waals surface area contributed by atoms with E-state index in [9.17, 15) is 0 Å². The SMILES string of the molecule is C=C/C=C\c1ccc2cccnc2c1C. The Morgan fingerprint density at radius 1 is 1.27 bits per heavy atom. The Labute approximate surface area is 89.8 Å². The Bertz CT molecular complexity index is 524. The summed E-state index contributed by atoms with van der Waals surface area (Å²) >= 11 is 0. The fraction of sp³-hybridized carbons (Fsp3) is 0.0714. The van der Waals surface area contributed by atoms with Crippen molar-refractivity contribution in [3.8, 4) is 0 Å². The monoisotopic (exact) mass is 195 g/mol. The molecule has 0 aliphatic heterocycles. The van der Waals surface area contributed by atoms with E-state index in [1.165, 1.54) is 16.5 Å². The van der Waals surface area contributed by atoms with Crippen LogP contribution in [0.1, 0.15) is 11.1 Å². The molecule has 0 saturated carbocycles. The van der Waals surface area contributed by atoms with E-state index in [4.69, 9.17) is 0 Å². The standard InChI is InChI=1S/C14H13N/c1-3-4-6-12-8-9-13-7-5-10-15-14(13)11(12)2/h3-10H,1H2,2H3/b6-4-. The molecule has 0 spiro atoms. The van der Waals surface area contributed by atoms with Crippen LogP contribution in [0.2, 0.25) is 0 Å². The summed E-state index contributed by atoms with van der Waals surface area (Å²) in [4.78, 5) is 4.39. The number of aromatic nitrogens is 1. The van der Waals surface area contributed by atoms with Crippen molar-refractivity contribution < 1.29 is 0 Å². The fourth-order valence-corrected chi connectivity index (χ4v) is 1.66. The normalized spacial score (nSPS) is 11.0. The summed E-state index contributed by atoms with van der Waals surface area (Å²) in [6.45, 7) is 5.76. The van der Waals surface area contributed by atoms with Gasteiger partial charge in [0.05, 0.1) is 5.52 Å². The number of nitrogens with zero attached hydrogens (tertiary/aromatic N) is 1. The highest BCUT2D eigenvalue weighted by Crippen LogP contribution is 2.20. The van der Waals surface area contributed by atoms with Gasteiger partial charge in [-0.25, -0.2) is 0 Å². The number of allylic oxidation sites excluding steroid dienone is 2. The molecule has 0 saturated heterocycles. The zero-order chi connectivity index (χ0) is 10.7. The Balaban J connectivity index is 2.64. The highest BCUT2D eigenvalue weighted by atomic mass is 14.6. The molecule has 0 bridgehead atoms. The lowest BCUT2D eigenvalue weighted by molar-refractivity contribution is 1.36. The van der Waals surface area contributed by atoms with Gasteiger partial charge < -0.3 is 0 Å². The summed E-state index contributed by atoms with van der Waals surface area (Å²) in [5, 5.41) is 1.19. The van der Waals surface area contributed by atoms with Gasteiger partial charge in [-0.1, -0.05) is 43.0 Å². The molecule has 1 heteroatoms. The minimum absolute atomic E-state index is 1.07. The lowest BCUT2D eigenvalue weighted by atomic mass is 10.0. The number of rotatable bonds is 2. The van der Waals surface area contributed by atoms with E-state index in [0.29, 0.717) is 0 Å². The van der Waals surface area contributed by atoms with Gasteiger partial charge in [0, 0.05) is 11.6 Å². The quantitative estimate of drug-likeness (QED) is 0.665. The van der Waals surface area contributed by atoms with Crippen LogP contribution in [0, 0.1) is 6.92 Å². The average Bonchev–Trinajstić information content (AvgIpc) is 2.29. The first-order chi connectivity index (χ1) is 7.33. The summed E-state index contributed by atoms with van der Waals surface area (Å²) in [6.07, 6.45) is 7.60. The van der Waals surface area contributed by atoms with E-state index in [0.717, 1.165) is 5.52 Å². The van der Waals surface area contributed by atoms with Gasteiger partial charge in [-0.05, 0) is 24.1 Å². The van der Waals surface area contributed by atoms with Gasteiger partial charge in [0.15, 0.2) is 0 Å². The number of benzene rings is 1. The van der Waals surface area contributed by atoms with E-state index >= 15 is 0 Å². The molecule has 15 heavy (non-hydrogen) atoms. The molecule has 0 fully saturated rings. The molecule has 2 aromatic rings. The summed E-state index contributed by atoms with van der Waals surface area (Å²) in [5.74, 6) is 0. The van der Waals surface area contributed by atoms with Crippen molar-refractivity contribution in [1.82, 2.24) is 4.98 Å². The van der Waals surface area contributed by atoms with E-state index in [1.807, 2.05) is 18.3 Å². The van der Waals surface area contributed by atoms with Crippen molar-refractivity contribution in [2.24, 2.45) is 0 Å². The van der Waals surface area contributed by atoms with E-state index in [-0.39, 0.29) is 0 Å². The van der Waals surface area contributed by atoms with Gasteiger partial charge in [-0.3, -0.25) is 4.98 Å². The largest absolute Gasteiger partial charge is 0.256 e. The van der Waals surface area contributed by atoms with Crippen LogP contribution in [0.3, 0.4) is 0 Å². The first kappa shape index (κ1) is 9.66. The van der Waals surface area contributed by atoms with Gasteiger partial charge >= 0.3 is 0 Å². The lowest BCUT2D eigenvalue weighted by Gasteiger charge is -2.04. The van der Waals surface area contributed by atoms with Crippen molar-refractivity contribution in [1.29, 1.82) is 0 Å². The van der Waals surface area contributed by atoms with E-state index < -0.39 is 0 Å². The van der Waals surface area contributed by atoms with Crippen LogP contribution in [-0.2, 0) is 0 Å². The Morgan fingerprint density at radius 3 is 2.93 bits per heavy atom. The summed E-state index contributed by atoms with van der Waals surface area (Å²) in [6, 6.07) is 8.24. The molecule has 1 heterocycles. The molecule has 74 valence electrons. The minimum atomic E-state index is 1.07. The number of hydrogen-bond acceptors (Lipinski definition) is 1. The smallest absolute Gasteiger partial charge is 0.0737 e. The van der Waals surface area contributed by atoms with E-state index in [1.54, 1.807) is 6.08 Å². The molecular weight excluding hydrogens is 182 g/mol. The molecule has 0 amide bonds. The Morgan fingerprint density at radius 2 is 2.13 bits per heavy atom. The molecule has 0 aliphatic rings. The van der Waals surface area contributed by atoms with Crippen molar-refractivity contribution in [3.05, 3.63) is 60.3 Å². The van der Waals surface area contributed by atoms with Crippen molar-refractivity contribution in [2.45, 2.75) is 6.92 Å². The second kappa shape index (κ2) is 4.09. The molecule has 0 unspecified atom stereocenters. The molecule has 0 N–H and O–H groups in total. The maximum Gasteiger partial charge on any atom is 0.0737 e. The second-order valence-corrected chi connectivity index (χ2v) is 3.45. The predicted octanol–water partition coefficient (Wildman–Crippen LogP) is 3.74. The van der Waals surface area contributed by atoms with Crippen LogP contribution in [-0.4, -0.2) is 4.98 Å². The molecule has 0 atom stereocenters. The molecule has 1 aromatic carbocycles. The summed E-state index contributed by atoms with van der Waals surface area (Å²) < 4.78 is 0. The molecule has 1 aromatic heterocycles. The Kier molecular flexibility index (Phi) is 2.64. The first-order valence-corrected chi connectivity index (χ1v) is 4.96. The third kappa shape index (κ3) is 1.82. The highest BCUT2D eigenvalue weighted by molar-refractivity contribution is 5.84. The lowest BCUT2D eigenvalue weighted by Crippen LogP contribution is -1.86. The maximum atomic E-state index is 4.39. The number of pyridine rings is 1. The van der Waals surface area contributed by atoms with Crippen LogP contribution in [0.25, 0.3) is 17.0 Å². The Hall–Kier alpha value is -1.89. The summed E-state index contributed by atoms with van der Waals surface area (Å²) in [5.41, 5.74) is 3.48. The van der Waals surface area contributed by atoms with Crippen LogP contribution >= 0.6 is 0 Å². The minimum Gasteiger partial charge on any atom is -0.256 e. The van der Waals surface area contributed by atoms with E-state index in [2.05, 4.69) is 42.8 Å². The van der Waals surface area contributed by atoms with Crippen molar-refractivity contribution in [3.63, 3.8) is 0 Å². The molecule has 0 aliphatic carbocycles. The molecular formula is C14H13N. The van der Waals surface area contributed by atoms with Gasteiger partial charge in [-0.2, -0.15) is 0 Å². The third-order valence-corrected chi connectivity index (χ3v) is 2.48. The van der Waals surface area contributed by atoms with Crippen LogP contribution < -0.4 is 0 Å². The van der Waals surface area contributed by atoms with Crippen molar-refractivity contribution in [2.75, 3.05) is 0 Å². The number of hydrogen-bond donors (Lipinski definition) is 0. The maximum absolute atomic E-state index is 4.39. The fourth-order valence-electron chi connectivity index (χ4n) is 1.66. The molecule has 1 nitrogen and oxygen atoms in total. The number of fused-ring (bicyclic) bond motifs is 1.